The number of methoxy groups -OCH3 is 2. The molecule has 1 aliphatic heterocycles. The van der Waals surface area contributed by atoms with Crippen molar-refractivity contribution in [2.75, 3.05) is 27.9 Å². The van der Waals surface area contributed by atoms with Gasteiger partial charge in [-0.3, -0.25) is 0 Å². The molecule has 1 N–H and O–H groups in total. The summed E-state index contributed by atoms with van der Waals surface area (Å²) in [4.78, 5) is 0. The Morgan fingerprint density at radius 3 is 2.75 bits per heavy atom. The summed E-state index contributed by atoms with van der Waals surface area (Å²) in [5.41, 5.74) is 1.12. The minimum Gasteiger partial charge on any atom is -0.495 e. The average molecular weight is 344 g/mol. The van der Waals surface area contributed by atoms with Crippen LogP contribution in [0.15, 0.2) is 16.6 Å². The Kier molecular flexibility index (Phi) is 5.69. The van der Waals surface area contributed by atoms with E-state index in [4.69, 9.17) is 14.2 Å². The molecule has 1 aromatic carbocycles. The normalized spacial score (nSPS) is 19.9. The Labute approximate surface area is 128 Å². The lowest BCUT2D eigenvalue weighted by atomic mass is 9.98. The van der Waals surface area contributed by atoms with Crippen molar-refractivity contribution in [1.29, 1.82) is 0 Å². The molecule has 5 heteroatoms. The third-order valence-electron chi connectivity index (χ3n) is 3.76. The van der Waals surface area contributed by atoms with Crippen LogP contribution < -0.4 is 14.8 Å². The molecule has 0 aromatic heterocycles. The van der Waals surface area contributed by atoms with Gasteiger partial charge in [0, 0.05) is 18.2 Å². The van der Waals surface area contributed by atoms with Crippen LogP contribution in [0, 0.1) is 0 Å². The van der Waals surface area contributed by atoms with Crippen molar-refractivity contribution in [3.05, 3.63) is 22.2 Å². The molecule has 112 valence electrons. The lowest BCUT2D eigenvalue weighted by Gasteiger charge is -2.23. The fraction of sp³-hybridized carbons (Fsp3) is 0.600. The monoisotopic (exact) mass is 343 g/mol. The molecule has 20 heavy (non-hydrogen) atoms. The zero-order valence-corrected chi connectivity index (χ0v) is 13.8. The molecule has 1 aromatic rings. The summed E-state index contributed by atoms with van der Waals surface area (Å²) in [5, 5.41) is 3.36. The second kappa shape index (κ2) is 7.29. The molecule has 0 radical (unpaired) electrons. The lowest BCUT2D eigenvalue weighted by Crippen LogP contribution is -2.22. The summed E-state index contributed by atoms with van der Waals surface area (Å²) in [7, 11) is 5.31. The third-order valence-corrected chi connectivity index (χ3v) is 4.51. The molecule has 2 atom stereocenters. The molecular formula is C15H22BrNO3. The van der Waals surface area contributed by atoms with Crippen LogP contribution in [0.2, 0.25) is 0 Å². The topological polar surface area (TPSA) is 39.7 Å². The van der Waals surface area contributed by atoms with Crippen LogP contribution in [0.4, 0.5) is 0 Å². The highest BCUT2D eigenvalue weighted by molar-refractivity contribution is 9.10. The molecule has 0 amide bonds. The van der Waals surface area contributed by atoms with Gasteiger partial charge in [-0.1, -0.05) is 0 Å². The molecule has 1 saturated heterocycles. The summed E-state index contributed by atoms with van der Waals surface area (Å²) in [5.74, 6) is 1.60. The highest BCUT2D eigenvalue weighted by Gasteiger charge is 2.24. The van der Waals surface area contributed by atoms with Crippen LogP contribution in [0.5, 0.6) is 11.5 Å². The first-order valence-electron chi connectivity index (χ1n) is 6.90. The van der Waals surface area contributed by atoms with Crippen molar-refractivity contribution >= 4 is 15.9 Å². The number of ether oxygens (including phenoxy) is 3. The van der Waals surface area contributed by atoms with Gasteiger partial charge in [-0.15, -0.1) is 0 Å². The standard InChI is InChI=1S/C15H22BrNO3/c1-17-12(9-10-5-4-8-20-10)11-6-7-13(18-2)14(16)15(11)19-3/h6-7,10,12,17H,4-5,8-9H2,1-3H3. The highest BCUT2D eigenvalue weighted by atomic mass is 79.9. The van der Waals surface area contributed by atoms with Gasteiger partial charge in [0.25, 0.3) is 0 Å². The van der Waals surface area contributed by atoms with E-state index in [1.807, 2.05) is 13.1 Å². The summed E-state index contributed by atoms with van der Waals surface area (Å²) in [6, 6.07) is 4.22. The molecule has 1 heterocycles. The van der Waals surface area contributed by atoms with Crippen molar-refractivity contribution in [1.82, 2.24) is 5.32 Å². The Hall–Kier alpha value is -0.780. The Bertz CT molecular complexity index is 447. The van der Waals surface area contributed by atoms with E-state index in [1.165, 1.54) is 0 Å². The molecule has 0 aliphatic carbocycles. The first kappa shape index (κ1) is 15.6. The zero-order chi connectivity index (χ0) is 14.5. The second-order valence-corrected chi connectivity index (χ2v) is 5.71. The van der Waals surface area contributed by atoms with E-state index in [-0.39, 0.29) is 6.04 Å². The maximum atomic E-state index is 5.74. The Morgan fingerprint density at radius 2 is 2.20 bits per heavy atom. The highest BCUT2D eigenvalue weighted by Crippen LogP contribution is 2.41. The van der Waals surface area contributed by atoms with Gasteiger partial charge in [0.2, 0.25) is 0 Å². The number of halogens is 1. The van der Waals surface area contributed by atoms with Gasteiger partial charge >= 0.3 is 0 Å². The Balaban J connectivity index is 2.26. The van der Waals surface area contributed by atoms with E-state index in [1.54, 1.807) is 14.2 Å². The first-order valence-corrected chi connectivity index (χ1v) is 7.69. The van der Waals surface area contributed by atoms with Crippen LogP contribution in [-0.2, 0) is 4.74 Å². The molecule has 0 spiro atoms. The van der Waals surface area contributed by atoms with Crippen molar-refractivity contribution < 1.29 is 14.2 Å². The van der Waals surface area contributed by atoms with Gasteiger partial charge in [0.1, 0.15) is 16.0 Å². The molecule has 2 rings (SSSR count). The van der Waals surface area contributed by atoms with Crippen LogP contribution in [0.25, 0.3) is 0 Å². The van der Waals surface area contributed by atoms with E-state index in [0.29, 0.717) is 6.10 Å². The van der Waals surface area contributed by atoms with Gasteiger partial charge in [-0.25, -0.2) is 0 Å². The quantitative estimate of drug-likeness (QED) is 0.860. The fourth-order valence-electron chi connectivity index (χ4n) is 2.69. The summed E-state index contributed by atoms with van der Waals surface area (Å²) < 4.78 is 17.5. The van der Waals surface area contributed by atoms with Crippen molar-refractivity contribution in [2.24, 2.45) is 0 Å². The first-order chi connectivity index (χ1) is 9.71. The minimum atomic E-state index is 0.204. The Morgan fingerprint density at radius 1 is 1.40 bits per heavy atom. The van der Waals surface area contributed by atoms with Crippen molar-refractivity contribution in [2.45, 2.75) is 31.4 Å². The van der Waals surface area contributed by atoms with Crippen LogP contribution in [0.3, 0.4) is 0 Å². The van der Waals surface area contributed by atoms with Crippen LogP contribution >= 0.6 is 15.9 Å². The molecule has 0 bridgehead atoms. The largest absolute Gasteiger partial charge is 0.495 e. The zero-order valence-electron chi connectivity index (χ0n) is 12.2. The average Bonchev–Trinajstić information content (AvgIpc) is 2.97. The van der Waals surface area contributed by atoms with E-state index >= 15 is 0 Å². The molecule has 4 nitrogen and oxygen atoms in total. The number of benzene rings is 1. The fourth-order valence-corrected chi connectivity index (χ4v) is 3.37. The molecule has 0 saturated carbocycles. The summed E-state index contributed by atoms with van der Waals surface area (Å²) in [6.07, 6.45) is 3.58. The van der Waals surface area contributed by atoms with Crippen molar-refractivity contribution in [3.8, 4) is 11.5 Å². The maximum Gasteiger partial charge on any atom is 0.141 e. The van der Waals surface area contributed by atoms with Crippen molar-refractivity contribution in [3.63, 3.8) is 0 Å². The molecular weight excluding hydrogens is 322 g/mol. The van der Waals surface area contributed by atoms with E-state index < -0.39 is 0 Å². The van der Waals surface area contributed by atoms with E-state index in [9.17, 15) is 0 Å². The van der Waals surface area contributed by atoms with Crippen LogP contribution in [0.1, 0.15) is 30.9 Å². The second-order valence-electron chi connectivity index (χ2n) is 4.92. The number of hydrogen-bond acceptors (Lipinski definition) is 4. The van der Waals surface area contributed by atoms with Gasteiger partial charge in [-0.2, -0.15) is 0 Å². The summed E-state index contributed by atoms with van der Waals surface area (Å²) in [6.45, 7) is 0.880. The number of nitrogens with one attached hydrogen (secondary N) is 1. The van der Waals surface area contributed by atoms with Crippen LogP contribution in [-0.4, -0.2) is 34.0 Å². The minimum absolute atomic E-state index is 0.204. The smallest absolute Gasteiger partial charge is 0.141 e. The number of rotatable bonds is 6. The predicted octanol–water partition coefficient (Wildman–Crippen LogP) is 3.30. The van der Waals surface area contributed by atoms with Gasteiger partial charge in [-0.05, 0) is 54.4 Å². The van der Waals surface area contributed by atoms with Gasteiger partial charge < -0.3 is 19.5 Å². The summed E-state index contributed by atoms with van der Waals surface area (Å²) >= 11 is 3.55. The van der Waals surface area contributed by atoms with Gasteiger partial charge in [0.05, 0.1) is 20.3 Å². The van der Waals surface area contributed by atoms with E-state index in [2.05, 4.69) is 27.3 Å². The lowest BCUT2D eigenvalue weighted by molar-refractivity contribution is 0.0951. The molecule has 1 aliphatic rings. The number of hydrogen-bond donors (Lipinski definition) is 1. The maximum absolute atomic E-state index is 5.74. The SMILES string of the molecule is CNC(CC1CCCO1)c1ccc(OC)c(Br)c1OC. The van der Waals surface area contributed by atoms with E-state index in [0.717, 1.165) is 47.4 Å². The predicted molar refractivity (Wildman–Crippen MR) is 82.6 cm³/mol. The van der Waals surface area contributed by atoms with Gasteiger partial charge in [0.15, 0.2) is 0 Å². The third kappa shape index (κ3) is 3.27. The molecule has 2 unspecified atom stereocenters. The molecule has 1 fully saturated rings.